The van der Waals surface area contributed by atoms with Crippen LogP contribution in [-0.2, 0) is 20.7 Å². The predicted octanol–water partition coefficient (Wildman–Crippen LogP) is 3.76. The van der Waals surface area contributed by atoms with Gasteiger partial charge in [0.25, 0.3) is 0 Å². The molecule has 26 heavy (non-hydrogen) atoms. The molecule has 138 valence electrons. The highest BCUT2D eigenvalue weighted by Gasteiger charge is 2.35. The average molecular weight is 355 g/mol. The molecule has 0 bridgehead atoms. The zero-order valence-electron chi connectivity index (χ0n) is 15.1. The van der Waals surface area contributed by atoms with Crippen LogP contribution in [0, 0.1) is 0 Å². The Hall–Kier alpha value is -2.11. The standard InChI is InChI=1S/C21H25NO4/c1-2-18-16(15-7-3-4-9-19(15)26-18)10-11-20(23)22-12-6-5-8-17(22)21-24-13-14-25-21/h3-4,7,9-11,17,21H,2,5-6,8,12-14H2,1H3/b11-10+. The fourth-order valence-corrected chi connectivity index (χ4v) is 3.92. The number of furan rings is 1. The Labute approximate surface area is 153 Å². The first-order valence-electron chi connectivity index (χ1n) is 9.50. The van der Waals surface area contributed by atoms with Gasteiger partial charge in [0.1, 0.15) is 11.3 Å². The van der Waals surface area contributed by atoms with Crippen LogP contribution in [0.3, 0.4) is 0 Å². The Balaban J connectivity index is 1.57. The summed E-state index contributed by atoms with van der Waals surface area (Å²) in [5.74, 6) is 0.925. The number of nitrogens with zero attached hydrogens (tertiary/aromatic N) is 1. The molecule has 5 nitrogen and oxygen atoms in total. The minimum atomic E-state index is -0.284. The molecule has 2 aromatic rings. The van der Waals surface area contributed by atoms with Crippen molar-refractivity contribution in [3.8, 4) is 0 Å². The number of para-hydroxylation sites is 1. The van der Waals surface area contributed by atoms with Crippen molar-refractivity contribution >= 4 is 23.0 Å². The lowest BCUT2D eigenvalue weighted by atomic mass is 10.0. The number of rotatable bonds is 4. The highest BCUT2D eigenvalue weighted by atomic mass is 16.7. The zero-order chi connectivity index (χ0) is 17.9. The molecule has 0 aliphatic carbocycles. The third-order valence-corrected chi connectivity index (χ3v) is 5.22. The SMILES string of the molecule is CCc1oc2ccccc2c1/C=C/C(=O)N1CCCCC1C1OCCO1. The van der Waals surface area contributed by atoms with Gasteiger partial charge in [-0.1, -0.05) is 25.1 Å². The van der Waals surface area contributed by atoms with E-state index in [1.54, 1.807) is 6.08 Å². The Morgan fingerprint density at radius 1 is 1.23 bits per heavy atom. The minimum Gasteiger partial charge on any atom is -0.460 e. The van der Waals surface area contributed by atoms with Crippen LogP contribution in [0.2, 0.25) is 0 Å². The van der Waals surface area contributed by atoms with Gasteiger partial charge >= 0.3 is 0 Å². The normalized spacial score (nSPS) is 21.9. The van der Waals surface area contributed by atoms with Crippen LogP contribution in [0.25, 0.3) is 17.0 Å². The Bertz CT molecular complexity index is 803. The number of benzene rings is 1. The van der Waals surface area contributed by atoms with E-state index < -0.39 is 0 Å². The quantitative estimate of drug-likeness (QED) is 0.784. The zero-order valence-corrected chi connectivity index (χ0v) is 15.1. The molecule has 0 saturated carbocycles. The van der Waals surface area contributed by atoms with Crippen molar-refractivity contribution in [2.24, 2.45) is 0 Å². The van der Waals surface area contributed by atoms with E-state index in [0.717, 1.165) is 54.5 Å². The number of aryl methyl sites for hydroxylation is 1. The number of amides is 1. The fourth-order valence-electron chi connectivity index (χ4n) is 3.92. The van der Waals surface area contributed by atoms with Crippen molar-refractivity contribution in [3.05, 3.63) is 41.7 Å². The molecular formula is C21H25NO4. The molecule has 1 aromatic heterocycles. The van der Waals surface area contributed by atoms with Crippen LogP contribution in [0.15, 0.2) is 34.8 Å². The number of likely N-dealkylation sites (tertiary alicyclic amines) is 1. The fraction of sp³-hybridized carbons (Fsp3) is 0.476. The van der Waals surface area contributed by atoms with Crippen LogP contribution in [-0.4, -0.2) is 42.9 Å². The summed E-state index contributed by atoms with van der Waals surface area (Å²) in [4.78, 5) is 14.8. The second-order valence-electron chi connectivity index (χ2n) is 6.83. The molecule has 0 N–H and O–H groups in total. The summed E-state index contributed by atoms with van der Waals surface area (Å²) in [7, 11) is 0. The topological polar surface area (TPSA) is 51.9 Å². The number of piperidine rings is 1. The molecule has 1 atom stereocenters. The third-order valence-electron chi connectivity index (χ3n) is 5.22. The van der Waals surface area contributed by atoms with Crippen LogP contribution < -0.4 is 0 Å². The van der Waals surface area contributed by atoms with Crippen molar-refractivity contribution in [3.63, 3.8) is 0 Å². The molecule has 0 spiro atoms. The highest BCUT2D eigenvalue weighted by Crippen LogP contribution is 2.28. The number of fused-ring (bicyclic) bond motifs is 1. The number of hydrogen-bond donors (Lipinski definition) is 0. The number of carbonyl (C=O) groups excluding carboxylic acids is 1. The van der Waals surface area contributed by atoms with Crippen LogP contribution in [0.1, 0.15) is 37.5 Å². The van der Waals surface area contributed by atoms with Crippen molar-refractivity contribution < 1.29 is 18.7 Å². The van der Waals surface area contributed by atoms with Crippen LogP contribution >= 0.6 is 0 Å². The molecule has 2 fully saturated rings. The van der Waals surface area contributed by atoms with E-state index in [2.05, 4.69) is 6.92 Å². The van der Waals surface area contributed by atoms with Gasteiger partial charge in [0, 0.05) is 30.0 Å². The second-order valence-corrected chi connectivity index (χ2v) is 6.83. The van der Waals surface area contributed by atoms with Gasteiger partial charge in [-0.05, 0) is 31.4 Å². The van der Waals surface area contributed by atoms with E-state index in [9.17, 15) is 4.79 Å². The minimum absolute atomic E-state index is 0.00939. The predicted molar refractivity (Wildman–Crippen MR) is 99.7 cm³/mol. The average Bonchev–Trinajstić information content (AvgIpc) is 3.34. The lowest BCUT2D eigenvalue weighted by Crippen LogP contribution is -2.49. The lowest BCUT2D eigenvalue weighted by molar-refractivity contribution is -0.145. The van der Waals surface area contributed by atoms with Gasteiger partial charge in [0.05, 0.1) is 19.3 Å². The summed E-state index contributed by atoms with van der Waals surface area (Å²) in [5.41, 5.74) is 1.86. The summed E-state index contributed by atoms with van der Waals surface area (Å²) >= 11 is 0. The Kier molecular flexibility index (Phi) is 5.09. The van der Waals surface area contributed by atoms with Crippen molar-refractivity contribution in [1.29, 1.82) is 0 Å². The van der Waals surface area contributed by atoms with Gasteiger partial charge in [-0.2, -0.15) is 0 Å². The molecular weight excluding hydrogens is 330 g/mol. The van der Waals surface area contributed by atoms with E-state index in [4.69, 9.17) is 13.9 Å². The number of carbonyl (C=O) groups is 1. The van der Waals surface area contributed by atoms with Crippen LogP contribution in [0.4, 0.5) is 0 Å². The van der Waals surface area contributed by atoms with E-state index >= 15 is 0 Å². The van der Waals surface area contributed by atoms with Gasteiger partial charge in [-0.15, -0.1) is 0 Å². The van der Waals surface area contributed by atoms with E-state index in [1.807, 2.05) is 35.2 Å². The third kappa shape index (κ3) is 3.29. The summed E-state index contributed by atoms with van der Waals surface area (Å²) in [6.07, 6.45) is 7.13. The summed E-state index contributed by atoms with van der Waals surface area (Å²) in [5, 5.41) is 1.05. The molecule has 3 heterocycles. The summed E-state index contributed by atoms with van der Waals surface area (Å²) in [6, 6.07) is 7.96. The van der Waals surface area contributed by atoms with E-state index in [-0.39, 0.29) is 18.2 Å². The molecule has 0 radical (unpaired) electrons. The lowest BCUT2D eigenvalue weighted by Gasteiger charge is -2.37. The van der Waals surface area contributed by atoms with Gasteiger partial charge in [-0.3, -0.25) is 4.79 Å². The largest absolute Gasteiger partial charge is 0.460 e. The molecule has 1 aromatic carbocycles. The molecule has 1 unspecified atom stereocenters. The summed E-state index contributed by atoms with van der Waals surface area (Å²) < 4.78 is 17.2. The first kappa shape index (κ1) is 17.3. The van der Waals surface area contributed by atoms with Crippen molar-refractivity contribution in [2.75, 3.05) is 19.8 Å². The molecule has 4 rings (SSSR count). The summed E-state index contributed by atoms with van der Waals surface area (Å²) in [6.45, 7) is 4.04. The number of hydrogen-bond acceptors (Lipinski definition) is 4. The molecule has 1 amide bonds. The molecule has 2 aliphatic rings. The molecule has 2 aliphatic heterocycles. The maximum Gasteiger partial charge on any atom is 0.247 e. The van der Waals surface area contributed by atoms with E-state index in [1.165, 1.54) is 0 Å². The Morgan fingerprint density at radius 2 is 2.04 bits per heavy atom. The van der Waals surface area contributed by atoms with Gasteiger partial charge in [0.15, 0.2) is 6.29 Å². The maximum atomic E-state index is 12.9. The van der Waals surface area contributed by atoms with Crippen molar-refractivity contribution in [2.45, 2.75) is 44.9 Å². The smallest absolute Gasteiger partial charge is 0.247 e. The highest BCUT2D eigenvalue weighted by molar-refractivity contribution is 5.96. The molecule has 5 heteroatoms. The second kappa shape index (κ2) is 7.64. The van der Waals surface area contributed by atoms with E-state index in [0.29, 0.717) is 13.2 Å². The van der Waals surface area contributed by atoms with Gasteiger partial charge < -0.3 is 18.8 Å². The van der Waals surface area contributed by atoms with Crippen molar-refractivity contribution in [1.82, 2.24) is 4.90 Å². The Morgan fingerprint density at radius 3 is 2.85 bits per heavy atom. The van der Waals surface area contributed by atoms with Crippen LogP contribution in [0.5, 0.6) is 0 Å². The first-order chi connectivity index (χ1) is 12.8. The first-order valence-corrected chi connectivity index (χ1v) is 9.50. The van der Waals surface area contributed by atoms with Gasteiger partial charge in [0.2, 0.25) is 5.91 Å². The number of ether oxygens (including phenoxy) is 2. The van der Waals surface area contributed by atoms with Gasteiger partial charge in [-0.25, -0.2) is 0 Å². The maximum absolute atomic E-state index is 12.9. The monoisotopic (exact) mass is 355 g/mol. The molecule has 2 saturated heterocycles.